The molecule has 1 aromatic rings. The van der Waals surface area contributed by atoms with E-state index in [1.807, 2.05) is 12.1 Å². The molecule has 1 saturated carbocycles. The smallest absolute Gasteiger partial charge is 0.191 e. The van der Waals surface area contributed by atoms with Gasteiger partial charge < -0.3 is 20.1 Å². The maximum absolute atomic E-state index is 13.2. The first-order valence-corrected chi connectivity index (χ1v) is 10.2. The monoisotopic (exact) mass is 505 g/mol. The number of halogens is 2. The van der Waals surface area contributed by atoms with Gasteiger partial charge in [-0.05, 0) is 56.7 Å². The standard InChI is InChI=1S/C21H32FN3O2.HI/c1-2-23-20(24-12-4-13-26-15-19-5-3-14-27-19)25-16-21(10-11-21)17-6-8-18(22)9-7-17;/h6-9,19H,2-5,10-16H2,1H3,(H2,23,24,25);1H. The zero-order valence-corrected chi connectivity index (χ0v) is 19.0. The fraction of sp³-hybridized carbons (Fsp3) is 0.667. The first-order chi connectivity index (χ1) is 13.2. The van der Waals surface area contributed by atoms with Crippen LogP contribution in [0.15, 0.2) is 29.3 Å². The first kappa shape index (κ1) is 23.3. The average Bonchev–Trinajstić information content (AvgIpc) is 3.28. The highest BCUT2D eigenvalue weighted by Gasteiger charge is 2.44. The molecule has 1 aliphatic heterocycles. The molecule has 1 saturated heterocycles. The quantitative estimate of drug-likeness (QED) is 0.221. The Kier molecular flexibility index (Phi) is 9.94. The molecule has 0 radical (unpaired) electrons. The second kappa shape index (κ2) is 11.9. The highest BCUT2D eigenvalue weighted by molar-refractivity contribution is 14.0. The normalized spacial score (nSPS) is 20.5. The van der Waals surface area contributed by atoms with Crippen LogP contribution in [0.25, 0.3) is 0 Å². The molecule has 158 valence electrons. The van der Waals surface area contributed by atoms with Crippen LogP contribution in [-0.2, 0) is 14.9 Å². The number of ether oxygens (including phenoxy) is 2. The Morgan fingerprint density at radius 1 is 1.29 bits per heavy atom. The van der Waals surface area contributed by atoms with Crippen LogP contribution >= 0.6 is 24.0 Å². The van der Waals surface area contributed by atoms with Gasteiger partial charge in [0.1, 0.15) is 5.82 Å². The van der Waals surface area contributed by atoms with Gasteiger partial charge in [-0.2, -0.15) is 0 Å². The Labute approximate surface area is 184 Å². The molecule has 28 heavy (non-hydrogen) atoms. The van der Waals surface area contributed by atoms with Gasteiger partial charge >= 0.3 is 0 Å². The molecular weight excluding hydrogens is 472 g/mol. The highest BCUT2D eigenvalue weighted by atomic mass is 127. The Balaban J connectivity index is 0.00000280. The summed E-state index contributed by atoms with van der Waals surface area (Å²) in [5, 5.41) is 6.67. The molecular formula is C21H33FIN3O2. The van der Waals surface area contributed by atoms with Crippen molar-refractivity contribution in [1.82, 2.24) is 10.6 Å². The molecule has 2 N–H and O–H groups in total. The molecule has 1 aliphatic carbocycles. The van der Waals surface area contributed by atoms with Crippen molar-refractivity contribution >= 4 is 29.9 Å². The maximum Gasteiger partial charge on any atom is 0.191 e. The lowest BCUT2D eigenvalue weighted by molar-refractivity contribution is 0.0168. The van der Waals surface area contributed by atoms with Gasteiger partial charge in [0.2, 0.25) is 0 Å². The van der Waals surface area contributed by atoms with Gasteiger partial charge in [-0.1, -0.05) is 12.1 Å². The van der Waals surface area contributed by atoms with Crippen LogP contribution in [0.2, 0.25) is 0 Å². The van der Waals surface area contributed by atoms with Gasteiger partial charge in [-0.25, -0.2) is 4.39 Å². The summed E-state index contributed by atoms with van der Waals surface area (Å²) in [7, 11) is 0. The molecule has 0 bridgehead atoms. The van der Waals surface area contributed by atoms with Crippen molar-refractivity contribution in [2.45, 2.75) is 50.5 Å². The SMILES string of the molecule is CCNC(=NCC1(c2ccc(F)cc2)CC1)NCCCOCC1CCCO1.I. The topological polar surface area (TPSA) is 54.9 Å². The Bertz CT molecular complexity index is 602. The van der Waals surface area contributed by atoms with Crippen molar-refractivity contribution in [2.24, 2.45) is 4.99 Å². The van der Waals surface area contributed by atoms with Crippen molar-refractivity contribution in [3.63, 3.8) is 0 Å². The highest BCUT2D eigenvalue weighted by Crippen LogP contribution is 2.48. The molecule has 1 atom stereocenters. The predicted molar refractivity (Wildman–Crippen MR) is 121 cm³/mol. The van der Waals surface area contributed by atoms with Gasteiger partial charge in [-0.3, -0.25) is 4.99 Å². The first-order valence-electron chi connectivity index (χ1n) is 10.2. The summed E-state index contributed by atoms with van der Waals surface area (Å²) in [6.07, 6.45) is 5.71. The van der Waals surface area contributed by atoms with Gasteiger partial charge in [0.15, 0.2) is 5.96 Å². The third-order valence-corrected chi connectivity index (χ3v) is 5.28. The van der Waals surface area contributed by atoms with E-state index in [-0.39, 0.29) is 41.3 Å². The molecule has 0 spiro atoms. The fourth-order valence-electron chi connectivity index (χ4n) is 3.44. The van der Waals surface area contributed by atoms with E-state index in [1.54, 1.807) is 12.1 Å². The van der Waals surface area contributed by atoms with Gasteiger partial charge in [0.05, 0.1) is 19.3 Å². The van der Waals surface area contributed by atoms with E-state index in [0.717, 1.165) is 70.9 Å². The van der Waals surface area contributed by atoms with E-state index >= 15 is 0 Å². The van der Waals surface area contributed by atoms with Crippen LogP contribution in [-0.4, -0.2) is 51.5 Å². The molecule has 7 heteroatoms. The van der Waals surface area contributed by atoms with E-state index < -0.39 is 0 Å². The maximum atomic E-state index is 13.2. The lowest BCUT2D eigenvalue weighted by Gasteiger charge is -2.16. The van der Waals surface area contributed by atoms with E-state index in [2.05, 4.69) is 17.6 Å². The molecule has 0 amide bonds. The number of hydrogen-bond donors (Lipinski definition) is 2. The number of aliphatic imine (C=N–C) groups is 1. The molecule has 2 fully saturated rings. The van der Waals surface area contributed by atoms with Gasteiger partial charge in [0.25, 0.3) is 0 Å². The summed E-state index contributed by atoms with van der Waals surface area (Å²) in [6.45, 7) is 6.74. The number of nitrogens with one attached hydrogen (secondary N) is 2. The zero-order chi connectivity index (χ0) is 19.0. The van der Waals surface area contributed by atoms with Crippen LogP contribution in [0.5, 0.6) is 0 Å². The number of hydrogen-bond acceptors (Lipinski definition) is 3. The minimum absolute atomic E-state index is 0. The second-order valence-electron chi connectivity index (χ2n) is 7.47. The number of nitrogens with zero attached hydrogens (tertiary/aromatic N) is 1. The third kappa shape index (κ3) is 7.15. The molecule has 2 aliphatic rings. The lowest BCUT2D eigenvalue weighted by atomic mass is 9.96. The minimum Gasteiger partial charge on any atom is -0.379 e. The molecule has 3 rings (SSSR count). The summed E-state index contributed by atoms with van der Waals surface area (Å²) in [4.78, 5) is 4.77. The van der Waals surface area contributed by atoms with Crippen molar-refractivity contribution in [2.75, 3.05) is 39.5 Å². The Morgan fingerprint density at radius 3 is 2.71 bits per heavy atom. The zero-order valence-electron chi connectivity index (χ0n) is 16.7. The van der Waals surface area contributed by atoms with Crippen molar-refractivity contribution in [3.8, 4) is 0 Å². The van der Waals surface area contributed by atoms with Crippen LogP contribution in [0, 0.1) is 5.82 Å². The van der Waals surface area contributed by atoms with Gasteiger partial charge in [0, 0.05) is 31.7 Å². The largest absolute Gasteiger partial charge is 0.379 e. The van der Waals surface area contributed by atoms with Crippen LogP contribution in [0.1, 0.15) is 44.6 Å². The van der Waals surface area contributed by atoms with Crippen LogP contribution in [0.4, 0.5) is 4.39 Å². The van der Waals surface area contributed by atoms with E-state index in [0.29, 0.717) is 6.61 Å². The molecule has 1 heterocycles. The summed E-state index contributed by atoms with van der Waals surface area (Å²) in [6, 6.07) is 6.87. The summed E-state index contributed by atoms with van der Waals surface area (Å²) >= 11 is 0. The molecule has 1 aromatic carbocycles. The van der Waals surface area contributed by atoms with E-state index in [1.165, 1.54) is 5.56 Å². The van der Waals surface area contributed by atoms with Gasteiger partial charge in [-0.15, -0.1) is 24.0 Å². The Hall–Kier alpha value is -0.930. The summed E-state index contributed by atoms with van der Waals surface area (Å²) < 4.78 is 24.4. The minimum atomic E-state index is -0.185. The molecule has 1 unspecified atom stereocenters. The third-order valence-electron chi connectivity index (χ3n) is 5.28. The molecule has 5 nitrogen and oxygen atoms in total. The predicted octanol–water partition coefficient (Wildman–Crippen LogP) is 3.62. The van der Waals surface area contributed by atoms with Crippen molar-refractivity contribution in [3.05, 3.63) is 35.6 Å². The lowest BCUT2D eigenvalue weighted by Crippen LogP contribution is -2.38. The summed E-state index contributed by atoms with van der Waals surface area (Å²) in [5.74, 6) is 0.653. The van der Waals surface area contributed by atoms with E-state index in [9.17, 15) is 4.39 Å². The Morgan fingerprint density at radius 2 is 2.07 bits per heavy atom. The van der Waals surface area contributed by atoms with E-state index in [4.69, 9.17) is 14.5 Å². The fourth-order valence-corrected chi connectivity index (χ4v) is 3.44. The average molecular weight is 505 g/mol. The second-order valence-corrected chi connectivity index (χ2v) is 7.47. The number of benzene rings is 1. The number of rotatable bonds is 10. The van der Waals surface area contributed by atoms with Crippen LogP contribution in [0.3, 0.4) is 0 Å². The summed E-state index contributed by atoms with van der Waals surface area (Å²) in [5.41, 5.74) is 1.27. The van der Waals surface area contributed by atoms with Crippen LogP contribution < -0.4 is 10.6 Å². The van der Waals surface area contributed by atoms with Crippen molar-refractivity contribution < 1.29 is 13.9 Å². The van der Waals surface area contributed by atoms with Crippen molar-refractivity contribution in [1.29, 1.82) is 0 Å². The molecule has 0 aromatic heterocycles. The number of guanidine groups is 1.